The summed E-state index contributed by atoms with van der Waals surface area (Å²) in [6.07, 6.45) is 5.89. The zero-order valence-electron chi connectivity index (χ0n) is 13.3. The number of methoxy groups -OCH3 is 1. The van der Waals surface area contributed by atoms with Crippen LogP contribution in [-0.4, -0.2) is 58.1 Å². The highest BCUT2D eigenvalue weighted by Crippen LogP contribution is 2.43. The molecular weight excluding hydrogens is 310 g/mol. The molecule has 2 aromatic rings. The second-order valence-corrected chi connectivity index (χ2v) is 6.18. The second kappa shape index (κ2) is 6.29. The molecule has 3 heterocycles. The van der Waals surface area contributed by atoms with E-state index in [1.807, 2.05) is 0 Å². The first-order valence-corrected chi connectivity index (χ1v) is 8.00. The summed E-state index contributed by atoms with van der Waals surface area (Å²) in [4.78, 5) is 16.8. The Hall–Kier alpha value is -2.32. The summed E-state index contributed by atoms with van der Waals surface area (Å²) in [7, 11) is 1.68. The Balaban J connectivity index is 1.44. The minimum atomic E-state index is -0.116. The number of aromatic nitrogens is 4. The van der Waals surface area contributed by atoms with Crippen LogP contribution in [0.15, 0.2) is 31.0 Å². The van der Waals surface area contributed by atoms with E-state index in [0.29, 0.717) is 23.9 Å². The van der Waals surface area contributed by atoms with Gasteiger partial charge >= 0.3 is 0 Å². The largest absolute Gasteiger partial charge is 0.384 e. The molecule has 1 aliphatic heterocycles. The average molecular weight is 329 g/mol. The standard InChI is InChI=1S/C16H19N5O3/c1-23-7-12-14(11-4-5-24-15(11)12)20-16(22)10-2-3-13(17-6-10)21-8-18-19-9-21/h2-3,6,8-9,11-12,14-15H,4-5,7H2,1H3,(H,20,22)/t11-,12+,14-,15-/m1/s1. The van der Waals surface area contributed by atoms with Gasteiger partial charge in [0.1, 0.15) is 18.5 Å². The lowest BCUT2D eigenvalue weighted by Gasteiger charge is -2.47. The Morgan fingerprint density at radius 3 is 2.96 bits per heavy atom. The normalized spacial score (nSPS) is 28.2. The lowest BCUT2D eigenvalue weighted by molar-refractivity contribution is -0.0809. The highest BCUT2D eigenvalue weighted by molar-refractivity contribution is 5.94. The summed E-state index contributed by atoms with van der Waals surface area (Å²) in [6.45, 7) is 1.36. The molecule has 4 rings (SSSR count). The highest BCUT2D eigenvalue weighted by Gasteiger charge is 2.54. The van der Waals surface area contributed by atoms with Crippen molar-refractivity contribution in [3.05, 3.63) is 36.5 Å². The number of amides is 1. The summed E-state index contributed by atoms with van der Waals surface area (Å²) in [5, 5.41) is 10.6. The Morgan fingerprint density at radius 1 is 1.42 bits per heavy atom. The number of carbonyl (C=O) groups is 1. The first-order chi connectivity index (χ1) is 11.8. The van der Waals surface area contributed by atoms with Gasteiger partial charge < -0.3 is 14.8 Å². The fourth-order valence-electron chi connectivity index (χ4n) is 3.66. The minimum Gasteiger partial charge on any atom is -0.384 e. The first-order valence-electron chi connectivity index (χ1n) is 8.00. The molecule has 2 fully saturated rings. The molecule has 4 atom stereocenters. The molecule has 8 heteroatoms. The van der Waals surface area contributed by atoms with Crippen LogP contribution < -0.4 is 5.32 Å². The molecule has 24 heavy (non-hydrogen) atoms. The predicted octanol–water partition coefficient (Wildman–Crippen LogP) is 0.442. The lowest BCUT2D eigenvalue weighted by Crippen LogP contribution is -2.62. The Bertz CT molecular complexity index is 703. The maximum absolute atomic E-state index is 12.5. The number of pyridine rings is 1. The van der Waals surface area contributed by atoms with Crippen molar-refractivity contribution in [2.45, 2.75) is 18.6 Å². The van der Waals surface area contributed by atoms with Crippen LogP contribution in [0.1, 0.15) is 16.8 Å². The molecule has 0 spiro atoms. The Morgan fingerprint density at radius 2 is 2.25 bits per heavy atom. The molecule has 8 nitrogen and oxygen atoms in total. The van der Waals surface area contributed by atoms with Crippen molar-refractivity contribution in [3.63, 3.8) is 0 Å². The molecule has 1 saturated carbocycles. The molecule has 0 bridgehead atoms. The molecule has 1 N–H and O–H groups in total. The minimum absolute atomic E-state index is 0.0995. The van der Waals surface area contributed by atoms with Crippen molar-refractivity contribution in [1.82, 2.24) is 25.1 Å². The monoisotopic (exact) mass is 329 g/mol. The van der Waals surface area contributed by atoms with Crippen molar-refractivity contribution in [1.29, 1.82) is 0 Å². The highest BCUT2D eigenvalue weighted by atomic mass is 16.5. The van der Waals surface area contributed by atoms with E-state index in [0.717, 1.165) is 13.0 Å². The summed E-state index contributed by atoms with van der Waals surface area (Å²) >= 11 is 0. The Labute approximate surface area is 139 Å². The fourth-order valence-corrected chi connectivity index (χ4v) is 3.66. The number of nitrogens with zero attached hydrogens (tertiary/aromatic N) is 4. The number of rotatable bonds is 5. The predicted molar refractivity (Wildman–Crippen MR) is 83.6 cm³/mol. The van der Waals surface area contributed by atoms with Gasteiger partial charge in [0.2, 0.25) is 0 Å². The van der Waals surface area contributed by atoms with Crippen LogP contribution in [0, 0.1) is 11.8 Å². The molecule has 1 amide bonds. The van der Waals surface area contributed by atoms with E-state index in [9.17, 15) is 4.79 Å². The maximum Gasteiger partial charge on any atom is 0.253 e. The first kappa shape index (κ1) is 15.2. The molecule has 0 unspecified atom stereocenters. The number of carbonyl (C=O) groups excluding carboxylic acids is 1. The lowest BCUT2D eigenvalue weighted by atomic mass is 9.67. The van der Waals surface area contributed by atoms with Gasteiger partial charge in [-0.1, -0.05) is 0 Å². The van der Waals surface area contributed by atoms with Crippen LogP contribution in [0.2, 0.25) is 0 Å². The van der Waals surface area contributed by atoms with Gasteiger partial charge in [0, 0.05) is 37.8 Å². The SMILES string of the molecule is COC[C@H]1[C@H](NC(=O)c2ccc(-n3cnnc3)nc2)[C@H]2CCO[C@H]21. The van der Waals surface area contributed by atoms with E-state index in [1.165, 1.54) is 0 Å². The summed E-state index contributed by atoms with van der Waals surface area (Å²) in [5.41, 5.74) is 0.533. The van der Waals surface area contributed by atoms with E-state index >= 15 is 0 Å². The molecule has 1 saturated heterocycles. The number of nitrogens with one attached hydrogen (secondary N) is 1. The molecule has 2 aliphatic rings. The maximum atomic E-state index is 12.5. The van der Waals surface area contributed by atoms with Gasteiger partial charge in [-0.2, -0.15) is 0 Å². The molecule has 0 aromatic carbocycles. The van der Waals surface area contributed by atoms with E-state index in [2.05, 4.69) is 20.5 Å². The quantitative estimate of drug-likeness (QED) is 0.856. The zero-order chi connectivity index (χ0) is 16.5. The topological polar surface area (TPSA) is 91.2 Å². The molecule has 126 valence electrons. The Kier molecular flexibility index (Phi) is 3.99. The van der Waals surface area contributed by atoms with Crippen molar-refractivity contribution < 1.29 is 14.3 Å². The smallest absolute Gasteiger partial charge is 0.253 e. The van der Waals surface area contributed by atoms with Crippen LogP contribution in [-0.2, 0) is 9.47 Å². The number of hydrogen-bond donors (Lipinski definition) is 1. The van der Waals surface area contributed by atoms with E-state index < -0.39 is 0 Å². The third kappa shape index (κ3) is 2.57. The molecular formula is C16H19N5O3. The number of ether oxygens (including phenoxy) is 2. The van der Waals surface area contributed by atoms with Crippen molar-refractivity contribution in [2.24, 2.45) is 11.8 Å². The summed E-state index contributed by atoms with van der Waals surface area (Å²) in [6, 6.07) is 3.62. The van der Waals surface area contributed by atoms with Crippen molar-refractivity contribution in [2.75, 3.05) is 20.3 Å². The van der Waals surface area contributed by atoms with Crippen molar-refractivity contribution >= 4 is 5.91 Å². The van der Waals surface area contributed by atoms with Gasteiger partial charge in [-0.25, -0.2) is 4.98 Å². The average Bonchev–Trinajstić information content (AvgIpc) is 3.28. The number of fused-ring (bicyclic) bond motifs is 1. The third-order valence-corrected chi connectivity index (χ3v) is 4.88. The van der Waals surface area contributed by atoms with Crippen LogP contribution in [0.5, 0.6) is 0 Å². The molecule has 0 radical (unpaired) electrons. The van der Waals surface area contributed by atoms with Crippen LogP contribution in [0.4, 0.5) is 0 Å². The van der Waals surface area contributed by atoms with Crippen LogP contribution in [0.3, 0.4) is 0 Å². The van der Waals surface area contributed by atoms with E-state index in [4.69, 9.17) is 9.47 Å². The molecule has 1 aliphatic carbocycles. The third-order valence-electron chi connectivity index (χ3n) is 4.88. The molecule has 2 aromatic heterocycles. The van der Waals surface area contributed by atoms with Gasteiger partial charge in [-0.05, 0) is 18.6 Å². The van der Waals surface area contributed by atoms with Gasteiger partial charge in [0.05, 0.1) is 18.3 Å². The summed E-state index contributed by atoms with van der Waals surface area (Å²) in [5.74, 6) is 1.16. The summed E-state index contributed by atoms with van der Waals surface area (Å²) < 4.78 is 12.7. The van der Waals surface area contributed by atoms with Gasteiger partial charge in [0.25, 0.3) is 5.91 Å². The zero-order valence-corrected chi connectivity index (χ0v) is 13.3. The van der Waals surface area contributed by atoms with Crippen molar-refractivity contribution in [3.8, 4) is 5.82 Å². The fraction of sp³-hybridized carbons (Fsp3) is 0.500. The number of hydrogen-bond acceptors (Lipinski definition) is 6. The van der Waals surface area contributed by atoms with E-state index in [-0.39, 0.29) is 24.0 Å². The van der Waals surface area contributed by atoms with Crippen LogP contribution >= 0.6 is 0 Å². The van der Waals surface area contributed by atoms with Crippen LogP contribution in [0.25, 0.3) is 5.82 Å². The van der Waals surface area contributed by atoms with E-state index in [1.54, 1.807) is 42.7 Å². The van der Waals surface area contributed by atoms with Gasteiger partial charge in [-0.3, -0.25) is 9.36 Å². The van der Waals surface area contributed by atoms with Gasteiger partial charge in [-0.15, -0.1) is 10.2 Å². The second-order valence-electron chi connectivity index (χ2n) is 6.18. The van der Waals surface area contributed by atoms with Gasteiger partial charge in [0.15, 0.2) is 0 Å².